The molecule has 0 aliphatic rings. The molecule has 0 aromatic carbocycles. The molecule has 0 fully saturated rings. The molecule has 14 heavy (non-hydrogen) atoms. The van der Waals surface area contributed by atoms with Gasteiger partial charge >= 0.3 is 5.97 Å². The van der Waals surface area contributed by atoms with Crippen molar-refractivity contribution in [3.05, 3.63) is 30.1 Å². The summed E-state index contributed by atoms with van der Waals surface area (Å²) in [6.45, 7) is 0. The lowest BCUT2D eigenvalue weighted by atomic mass is 10.3. The second-order valence-electron chi connectivity index (χ2n) is 2.84. The molecule has 5 heteroatoms. The van der Waals surface area contributed by atoms with Gasteiger partial charge in [0.05, 0.1) is 18.9 Å². The van der Waals surface area contributed by atoms with Gasteiger partial charge in [-0.15, -0.1) is 0 Å². The first-order chi connectivity index (χ1) is 6.70. The lowest BCUT2D eigenvalue weighted by Crippen LogP contribution is -2.02. The highest BCUT2D eigenvalue weighted by Crippen LogP contribution is 2.09. The molecule has 2 rings (SSSR count). The van der Waals surface area contributed by atoms with Gasteiger partial charge in [0.1, 0.15) is 11.5 Å². The number of anilines is 1. The zero-order chi connectivity index (χ0) is 10.1. The normalized spacial score (nSPS) is 10.4. The van der Waals surface area contributed by atoms with E-state index in [1.54, 1.807) is 28.9 Å². The van der Waals surface area contributed by atoms with Crippen LogP contribution in [-0.4, -0.2) is 22.5 Å². The Hall–Kier alpha value is -2.04. The quantitative estimate of drug-likeness (QED) is 0.674. The minimum atomic E-state index is -0.376. The number of ether oxygens (including phenoxy) is 1. The SMILES string of the molecule is COC(=O)c1ccc2nc(N)cn2c1. The van der Waals surface area contributed by atoms with Crippen molar-refractivity contribution in [2.75, 3.05) is 12.8 Å². The number of nitrogen functional groups attached to an aromatic ring is 1. The summed E-state index contributed by atoms with van der Waals surface area (Å²) in [6.07, 6.45) is 3.27. The number of pyridine rings is 1. The van der Waals surface area contributed by atoms with E-state index in [1.165, 1.54) is 7.11 Å². The monoisotopic (exact) mass is 191 g/mol. The Labute approximate surface area is 80.1 Å². The summed E-state index contributed by atoms with van der Waals surface area (Å²) in [5.41, 5.74) is 6.67. The summed E-state index contributed by atoms with van der Waals surface area (Å²) in [4.78, 5) is 15.2. The van der Waals surface area contributed by atoms with Crippen molar-refractivity contribution in [3.8, 4) is 0 Å². The number of hydrogen-bond donors (Lipinski definition) is 1. The van der Waals surface area contributed by atoms with Crippen molar-refractivity contribution in [1.82, 2.24) is 9.38 Å². The van der Waals surface area contributed by atoms with Crippen molar-refractivity contribution in [2.24, 2.45) is 0 Å². The maximum absolute atomic E-state index is 11.2. The molecule has 0 saturated heterocycles. The first kappa shape index (κ1) is 8.55. The van der Waals surface area contributed by atoms with E-state index in [0.29, 0.717) is 17.0 Å². The number of nitrogens with two attached hydrogens (primary N) is 1. The number of fused-ring (bicyclic) bond motifs is 1. The number of methoxy groups -OCH3 is 1. The van der Waals surface area contributed by atoms with Crippen LogP contribution in [0.1, 0.15) is 10.4 Å². The van der Waals surface area contributed by atoms with E-state index in [4.69, 9.17) is 5.73 Å². The van der Waals surface area contributed by atoms with E-state index >= 15 is 0 Å². The first-order valence-electron chi connectivity index (χ1n) is 4.03. The Morgan fingerprint density at radius 1 is 1.50 bits per heavy atom. The van der Waals surface area contributed by atoms with E-state index in [2.05, 4.69) is 9.72 Å². The molecule has 0 aliphatic carbocycles. The predicted molar refractivity (Wildman–Crippen MR) is 50.9 cm³/mol. The van der Waals surface area contributed by atoms with Crippen LogP contribution in [0.4, 0.5) is 5.82 Å². The van der Waals surface area contributed by atoms with Gasteiger partial charge in [-0.1, -0.05) is 0 Å². The van der Waals surface area contributed by atoms with Crippen LogP contribution in [0.15, 0.2) is 24.5 Å². The fraction of sp³-hybridized carbons (Fsp3) is 0.111. The predicted octanol–water partition coefficient (Wildman–Crippen LogP) is 0.703. The van der Waals surface area contributed by atoms with E-state index in [9.17, 15) is 4.79 Å². The van der Waals surface area contributed by atoms with Crippen LogP contribution in [0, 0.1) is 0 Å². The van der Waals surface area contributed by atoms with Gasteiger partial charge in [0, 0.05) is 6.20 Å². The molecule has 5 nitrogen and oxygen atoms in total. The molecule has 0 amide bonds. The van der Waals surface area contributed by atoms with Crippen LogP contribution >= 0.6 is 0 Å². The highest BCUT2D eigenvalue weighted by molar-refractivity contribution is 5.89. The highest BCUT2D eigenvalue weighted by Gasteiger charge is 2.06. The van der Waals surface area contributed by atoms with E-state index in [1.807, 2.05) is 0 Å². The molecule has 2 aromatic rings. The number of nitrogens with zero attached hydrogens (tertiary/aromatic N) is 2. The van der Waals surface area contributed by atoms with Crippen molar-refractivity contribution < 1.29 is 9.53 Å². The van der Waals surface area contributed by atoms with E-state index < -0.39 is 0 Å². The summed E-state index contributed by atoms with van der Waals surface area (Å²) in [7, 11) is 1.34. The van der Waals surface area contributed by atoms with E-state index in [0.717, 1.165) is 0 Å². The van der Waals surface area contributed by atoms with Crippen LogP contribution in [-0.2, 0) is 4.74 Å². The molecule has 2 heterocycles. The van der Waals surface area contributed by atoms with Gasteiger partial charge in [-0.2, -0.15) is 0 Å². The van der Waals surface area contributed by atoms with Crippen molar-refractivity contribution in [3.63, 3.8) is 0 Å². The molecule has 0 spiro atoms. The Balaban J connectivity index is 2.55. The average Bonchev–Trinajstić information content (AvgIpc) is 2.55. The molecule has 72 valence electrons. The van der Waals surface area contributed by atoms with Crippen LogP contribution < -0.4 is 5.73 Å². The lowest BCUT2D eigenvalue weighted by Gasteiger charge is -1.99. The minimum Gasteiger partial charge on any atom is -0.465 e. The second kappa shape index (κ2) is 3.02. The fourth-order valence-electron chi connectivity index (χ4n) is 1.25. The van der Waals surface area contributed by atoms with Gasteiger partial charge in [-0.25, -0.2) is 9.78 Å². The van der Waals surface area contributed by atoms with Crippen LogP contribution in [0.25, 0.3) is 5.65 Å². The Kier molecular flexibility index (Phi) is 1.85. The van der Waals surface area contributed by atoms with Crippen LogP contribution in [0.5, 0.6) is 0 Å². The molecule has 0 unspecified atom stereocenters. The van der Waals surface area contributed by atoms with Gasteiger partial charge < -0.3 is 14.9 Å². The molecular weight excluding hydrogens is 182 g/mol. The third kappa shape index (κ3) is 1.28. The van der Waals surface area contributed by atoms with Gasteiger partial charge in [0.15, 0.2) is 0 Å². The topological polar surface area (TPSA) is 69.6 Å². The molecule has 2 aromatic heterocycles. The van der Waals surface area contributed by atoms with Crippen LogP contribution in [0.3, 0.4) is 0 Å². The van der Waals surface area contributed by atoms with Gasteiger partial charge in [0.2, 0.25) is 0 Å². The molecule has 0 aliphatic heterocycles. The summed E-state index contributed by atoms with van der Waals surface area (Å²) < 4.78 is 6.27. The molecule has 0 saturated carbocycles. The van der Waals surface area contributed by atoms with Gasteiger partial charge in [0.25, 0.3) is 0 Å². The molecule has 0 atom stereocenters. The summed E-state index contributed by atoms with van der Waals surface area (Å²) >= 11 is 0. The average molecular weight is 191 g/mol. The smallest absolute Gasteiger partial charge is 0.339 e. The summed E-state index contributed by atoms with van der Waals surface area (Å²) in [6, 6.07) is 3.36. The zero-order valence-corrected chi connectivity index (χ0v) is 7.60. The number of carbonyl (C=O) groups excluding carboxylic acids is 1. The Morgan fingerprint density at radius 3 is 3.00 bits per heavy atom. The third-order valence-corrected chi connectivity index (χ3v) is 1.89. The fourth-order valence-corrected chi connectivity index (χ4v) is 1.25. The number of hydrogen-bond acceptors (Lipinski definition) is 4. The van der Waals surface area contributed by atoms with E-state index in [-0.39, 0.29) is 5.97 Å². The largest absolute Gasteiger partial charge is 0.465 e. The Morgan fingerprint density at radius 2 is 2.29 bits per heavy atom. The number of imidazole rings is 1. The molecule has 2 N–H and O–H groups in total. The highest BCUT2D eigenvalue weighted by atomic mass is 16.5. The molecule has 0 radical (unpaired) electrons. The maximum Gasteiger partial charge on any atom is 0.339 e. The zero-order valence-electron chi connectivity index (χ0n) is 7.60. The number of carbonyl (C=O) groups is 1. The summed E-state index contributed by atoms with van der Waals surface area (Å²) in [5.74, 6) is 0.0474. The number of aromatic nitrogens is 2. The van der Waals surface area contributed by atoms with Crippen molar-refractivity contribution in [1.29, 1.82) is 0 Å². The second-order valence-corrected chi connectivity index (χ2v) is 2.84. The van der Waals surface area contributed by atoms with Gasteiger partial charge in [-0.3, -0.25) is 0 Å². The number of esters is 1. The standard InChI is InChI=1S/C9H9N3O2/c1-14-9(13)6-2-3-8-11-7(10)5-12(8)4-6/h2-5H,10H2,1H3. The maximum atomic E-state index is 11.2. The minimum absolute atomic E-state index is 0.376. The molecular formula is C9H9N3O2. The first-order valence-corrected chi connectivity index (χ1v) is 4.03. The lowest BCUT2D eigenvalue weighted by molar-refractivity contribution is 0.0600. The third-order valence-electron chi connectivity index (χ3n) is 1.89. The number of rotatable bonds is 1. The van der Waals surface area contributed by atoms with Crippen LogP contribution in [0.2, 0.25) is 0 Å². The van der Waals surface area contributed by atoms with Gasteiger partial charge in [-0.05, 0) is 12.1 Å². The van der Waals surface area contributed by atoms with Crippen molar-refractivity contribution in [2.45, 2.75) is 0 Å². The molecule has 0 bridgehead atoms. The Bertz CT molecular complexity index is 490. The van der Waals surface area contributed by atoms with Crippen molar-refractivity contribution >= 4 is 17.4 Å². The summed E-state index contributed by atoms with van der Waals surface area (Å²) in [5, 5.41) is 0.